The van der Waals surface area contributed by atoms with Gasteiger partial charge < -0.3 is 14.2 Å². The lowest BCUT2D eigenvalue weighted by Crippen LogP contribution is -2.30. The van der Waals surface area contributed by atoms with Crippen LogP contribution in [0.3, 0.4) is 0 Å². The Labute approximate surface area is 470 Å². The van der Waals surface area contributed by atoms with E-state index in [2.05, 4.69) is 118 Å². The molecule has 0 radical (unpaired) electrons. The van der Waals surface area contributed by atoms with Crippen LogP contribution in [-0.2, 0) is 28.6 Å². The minimum Gasteiger partial charge on any atom is -0.462 e. The molecule has 1 atom stereocenters. The molecular weight excluding hydrogens is 937 g/mol. The maximum atomic E-state index is 12.9. The van der Waals surface area contributed by atoms with Gasteiger partial charge >= 0.3 is 17.9 Å². The van der Waals surface area contributed by atoms with Crippen molar-refractivity contribution in [1.29, 1.82) is 0 Å². The van der Waals surface area contributed by atoms with Gasteiger partial charge in [0.25, 0.3) is 0 Å². The first-order valence-corrected chi connectivity index (χ1v) is 32.2. The summed E-state index contributed by atoms with van der Waals surface area (Å²) in [5.74, 6) is -0.917. The van der Waals surface area contributed by atoms with Gasteiger partial charge in [0.05, 0.1) is 0 Å². The van der Waals surface area contributed by atoms with Gasteiger partial charge in [-0.05, 0) is 103 Å². The number of hydrogen-bond acceptors (Lipinski definition) is 6. The van der Waals surface area contributed by atoms with Crippen molar-refractivity contribution in [2.24, 2.45) is 0 Å². The zero-order valence-electron chi connectivity index (χ0n) is 50.0. The fourth-order valence-electron chi connectivity index (χ4n) is 9.01. The first-order valence-electron chi connectivity index (χ1n) is 32.2. The highest BCUT2D eigenvalue weighted by Gasteiger charge is 2.19. The molecule has 1 unspecified atom stereocenters. The van der Waals surface area contributed by atoms with Gasteiger partial charge in [-0.15, -0.1) is 0 Å². The lowest BCUT2D eigenvalue weighted by atomic mass is 10.0. The largest absolute Gasteiger partial charge is 0.462 e. The van der Waals surface area contributed by atoms with E-state index in [4.69, 9.17) is 14.2 Å². The van der Waals surface area contributed by atoms with E-state index in [1.165, 1.54) is 161 Å². The number of hydrogen-bond donors (Lipinski definition) is 0. The van der Waals surface area contributed by atoms with Crippen LogP contribution in [0.1, 0.15) is 310 Å². The number of ether oxygens (including phenoxy) is 3. The Morgan fingerprint density at radius 3 is 0.829 bits per heavy atom. The number of unbranched alkanes of at least 4 members (excludes halogenated alkanes) is 31. The van der Waals surface area contributed by atoms with Crippen LogP contribution in [0.2, 0.25) is 0 Å². The van der Waals surface area contributed by atoms with E-state index in [-0.39, 0.29) is 31.1 Å². The van der Waals surface area contributed by atoms with Crippen molar-refractivity contribution >= 4 is 17.9 Å². The summed E-state index contributed by atoms with van der Waals surface area (Å²) in [5.41, 5.74) is 0. The SMILES string of the molecule is CC/C=C\C/C=C\C/C=C\C/C=C\C/C=C\C/C=C\C/C=C\CCCCCC(=O)OCC(COC(=O)CCCCCCCCCC)OC(=O)CCCCCCCCCCCCCCC/C=C\CCCCCCCCCC. The van der Waals surface area contributed by atoms with Crippen molar-refractivity contribution < 1.29 is 28.6 Å². The predicted octanol–water partition coefficient (Wildman–Crippen LogP) is 22.0. The van der Waals surface area contributed by atoms with E-state index in [1.807, 2.05) is 0 Å². The normalized spacial score (nSPS) is 12.7. The Morgan fingerprint density at radius 1 is 0.276 bits per heavy atom. The zero-order valence-corrected chi connectivity index (χ0v) is 50.0. The van der Waals surface area contributed by atoms with Crippen molar-refractivity contribution in [2.45, 2.75) is 316 Å². The van der Waals surface area contributed by atoms with Gasteiger partial charge in [0, 0.05) is 19.3 Å². The van der Waals surface area contributed by atoms with Crippen LogP contribution < -0.4 is 0 Å². The van der Waals surface area contributed by atoms with Gasteiger partial charge in [-0.3, -0.25) is 14.4 Å². The summed E-state index contributed by atoms with van der Waals surface area (Å²) in [6.45, 7) is 6.49. The van der Waals surface area contributed by atoms with E-state index >= 15 is 0 Å². The molecule has 0 amide bonds. The standard InChI is InChI=1S/C70H120O6/c1-4-7-10-13-16-19-21-23-25-27-29-31-33-35-37-39-41-43-45-47-49-51-54-57-60-63-69(72)75-66-67(65-74-68(71)62-59-56-53-18-15-12-9-6-3)76-70(73)64-61-58-55-52-50-48-46-44-42-40-38-36-34-32-30-28-26-24-22-20-17-14-11-8-5-2/h7,10,16,19,23,25,28-31,35,37,41,43,47,49,67H,4-6,8-9,11-15,17-18,20-22,24,26-27,32-34,36,38-40,42,44-46,48,50-66H2,1-3H3/b10-7-,19-16-,25-23-,30-28-,31-29-,37-35-,43-41-,49-47-. The molecule has 0 aliphatic carbocycles. The van der Waals surface area contributed by atoms with Crippen molar-refractivity contribution in [3.63, 3.8) is 0 Å². The minimum absolute atomic E-state index is 0.0865. The van der Waals surface area contributed by atoms with Gasteiger partial charge in [0.15, 0.2) is 6.10 Å². The highest BCUT2D eigenvalue weighted by atomic mass is 16.6. The molecule has 0 saturated heterocycles. The molecule has 0 aliphatic heterocycles. The molecule has 0 bridgehead atoms. The highest BCUT2D eigenvalue weighted by Crippen LogP contribution is 2.16. The maximum absolute atomic E-state index is 12.9. The molecule has 0 heterocycles. The zero-order chi connectivity index (χ0) is 55.0. The van der Waals surface area contributed by atoms with Crippen molar-refractivity contribution in [2.75, 3.05) is 13.2 Å². The van der Waals surface area contributed by atoms with Crippen LogP contribution in [-0.4, -0.2) is 37.2 Å². The number of allylic oxidation sites excluding steroid dienone is 16. The van der Waals surface area contributed by atoms with Gasteiger partial charge in [-0.1, -0.05) is 285 Å². The second-order valence-electron chi connectivity index (χ2n) is 21.3. The monoisotopic (exact) mass is 1060 g/mol. The van der Waals surface area contributed by atoms with Crippen LogP contribution in [0, 0.1) is 0 Å². The average Bonchev–Trinajstić information content (AvgIpc) is 3.42. The molecule has 0 fully saturated rings. The first kappa shape index (κ1) is 72.3. The van der Waals surface area contributed by atoms with Crippen LogP contribution >= 0.6 is 0 Å². The molecule has 0 aliphatic rings. The molecule has 6 heteroatoms. The molecule has 436 valence electrons. The summed E-state index contributed by atoms with van der Waals surface area (Å²) in [7, 11) is 0. The van der Waals surface area contributed by atoms with E-state index in [9.17, 15) is 14.4 Å². The van der Waals surface area contributed by atoms with E-state index < -0.39 is 6.10 Å². The molecule has 6 nitrogen and oxygen atoms in total. The van der Waals surface area contributed by atoms with Crippen molar-refractivity contribution in [3.8, 4) is 0 Å². The Balaban J connectivity index is 4.24. The third kappa shape index (κ3) is 61.2. The summed E-state index contributed by atoms with van der Waals surface area (Å²) in [6, 6.07) is 0. The lowest BCUT2D eigenvalue weighted by Gasteiger charge is -2.18. The lowest BCUT2D eigenvalue weighted by molar-refractivity contribution is -0.167. The van der Waals surface area contributed by atoms with Crippen LogP contribution in [0.5, 0.6) is 0 Å². The number of carbonyl (C=O) groups excluding carboxylic acids is 3. The minimum atomic E-state index is -0.790. The summed E-state index contributed by atoms with van der Waals surface area (Å²) in [6.07, 6.45) is 85.8. The smallest absolute Gasteiger partial charge is 0.306 e. The highest BCUT2D eigenvalue weighted by molar-refractivity contribution is 5.71. The molecule has 0 aromatic rings. The predicted molar refractivity (Wildman–Crippen MR) is 330 cm³/mol. The van der Waals surface area contributed by atoms with Gasteiger partial charge in [0.1, 0.15) is 13.2 Å². The molecule has 0 spiro atoms. The number of rotatable bonds is 58. The average molecular weight is 1060 g/mol. The molecule has 0 saturated carbocycles. The summed E-state index contributed by atoms with van der Waals surface area (Å²) in [4.78, 5) is 38.1. The molecule has 0 rings (SSSR count). The number of esters is 3. The third-order valence-electron chi connectivity index (χ3n) is 13.8. The first-order chi connectivity index (χ1) is 37.5. The van der Waals surface area contributed by atoms with Crippen LogP contribution in [0.15, 0.2) is 97.2 Å². The van der Waals surface area contributed by atoms with Crippen LogP contribution in [0.4, 0.5) is 0 Å². The topological polar surface area (TPSA) is 78.9 Å². The third-order valence-corrected chi connectivity index (χ3v) is 13.8. The quantitative estimate of drug-likeness (QED) is 0.0261. The summed E-state index contributed by atoms with van der Waals surface area (Å²) in [5, 5.41) is 0. The Hall–Kier alpha value is -3.67. The molecule has 0 aromatic carbocycles. The van der Waals surface area contributed by atoms with Gasteiger partial charge in [-0.2, -0.15) is 0 Å². The Kier molecular flexibility index (Phi) is 60.8. The van der Waals surface area contributed by atoms with Crippen LogP contribution in [0.25, 0.3) is 0 Å². The van der Waals surface area contributed by atoms with Crippen molar-refractivity contribution in [1.82, 2.24) is 0 Å². The fraction of sp³-hybridized carbons (Fsp3) is 0.729. The second-order valence-corrected chi connectivity index (χ2v) is 21.3. The number of carbonyl (C=O) groups is 3. The van der Waals surface area contributed by atoms with E-state index in [0.717, 1.165) is 109 Å². The second kappa shape index (κ2) is 63.9. The van der Waals surface area contributed by atoms with Gasteiger partial charge in [0.2, 0.25) is 0 Å². The summed E-state index contributed by atoms with van der Waals surface area (Å²) < 4.78 is 16.8. The molecule has 76 heavy (non-hydrogen) atoms. The molecule has 0 aromatic heterocycles. The maximum Gasteiger partial charge on any atom is 0.306 e. The Bertz CT molecular complexity index is 1490. The van der Waals surface area contributed by atoms with Crippen molar-refractivity contribution in [3.05, 3.63) is 97.2 Å². The van der Waals surface area contributed by atoms with E-state index in [1.54, 1.807) is 0 Å². The van der Waals surface area contributed by atoms with E-state index in [0.29, 0.717) is 19.3 Å². The molecule has 0 N–H and O–H groups in total. The summed E-state index contributed by atoms with van der Waals surface area (Å²) >= 11 is 0. The fourth-order valence-corrected chi connectivity index (χ4v) is 9.01. The Morgan fingerprint density at radius 2 is 0.513 bits per heavy atom. The van der Waals surface area contributed by atoms with Gasteiger partial charge in [-0.25, -0.2) is 0 Å². The molecular formula is C70H120O6.